The Morgan fingerprint density at radius 1 is 0.838 bits per heavy atom. The Bertz CT molecular complexity index is 1010. The van der Waals surface area contributed by atoms with Crippen molar-refractivity contribution in [3.05, 3.63) is 52.5 Å². The summed E-state index contributed by atoms with van der Waals surface area (Å²) in [5.41, 5.74) is -1.28. The second-order valence-corrected chi connectivity index (χ2v) is 9.81. The fraction of sp³-hybridized carbons (Fsp3) is 0.621. The Morgan fingerprint density at radius 3 is 2.16 bits per heavy atom. The van der Waals surface area contributed by atoms with Crippen LogP contribution in [0.3, 0.4) is 0 Å². The lowest BCUT2D eigenvalue weighted by Crippen LogP contribution is -2.32. The summed E-state index contributed by atoms with van der Waals surface area (Å²) >= 11 is 0. The van der Waals surface area contributed by atoms with Crippen LogP contribution in [0, 0.1) is 17.6 Å². The normalized spacial score (nSPS) is 16.5. The molecule has 2 aromatic rings. The first-order valence-corrected chi connectivity index (χ1v) is 13.6. The number of rotatable bonds is 15. The third kappa shape index (κ3) is 7.35. The standard InChI is InChI=1S/C29H38F5NO2/c1-3-5-7-9-10-12-18-37-24-19-20-13-15-22(29(33,34)25(20)28(32)35-24)21-14-16-23(27(31)26(21)30)36-17-11-8-6-4-2/h14,16,19,22H,3-13,15,17-18H2,1-2H3. The molecule has 0 radical (unpaired) electrons. The van der Waals surface area contributed by atoms with E-state index in [9.17, 15) is 13.2 Å². The molecule has 1 aromatic carbocycles. The van der Waals surface area contributed by atoms with Crippen molar-refractivity contribution < 1.29 is 31.4 Å². The highest BCUT2D eigenvalue weighted by Gasteiger charge is 2.50. The van der Waals surface area contributed by atoms with Gasteiger partial charge in [0.05, 0.1) is 24.7 Å². The van der Waals surface area contributed by atoms with Gasteiger partial charge in [-0.25, -0.2) is 13.2 Å². The minimum atomic E-state index is -3.77. The highest BCUT2D eigenvalue weighted by Crippen LogP contribution is 2.51. The fourth-order valence-corrected chi connectivity index (χ4v) is 4.86. The Hall–Kier alpha value is -2.38. The number of fused-ring (bicyclic) bond motifs is 1. The van der Waals surface area contributed by atoms with Crippen molar-refractivity contribution in [1.29, 1.82) is 0 Å². The van der Waals surface area contributed by atoms with Gasteiger partial charge in [0.15, 0.2) is 11.6 Å². The van der Waals surface area contributed by atoms with Crippen LogP contribution in [-0.2, 0) is 12.3 Å². The van der Waals surface area contributed by atoms with Gasteiger partial charge in [-0.1, -0.05) is 71.3 Å². The van der Waals surface area contributed by atoms with Gasteiger partial charge in [0.25, 0.3) is 5.92 Å². The van der Waals surface area contributed by atoms with Crippen molar-refractivity contribution in [2.75, 3.05) is 13.2 Å². The van der Waals surface area contributed by atoms with Crippen molar-refractivity contribution in [2.24, 2.45) is 0 Å². The summed E-state index contributed by atoms with van der Waals surface area (Å²) in [5, 5.41) is 0. The number of aryl methyl sites for hydroxylation is 1. The minimum Gasteiger partial charge on any atom is -0.490 e. The molecule has 1 atom stereocenters. The SMILES string of the molecule is CCCCCCCCOc1cc2c(c(F)n1)C(F)(F)C(c1ccc(OCCCCCC)c(F)c1F)CC2. The van der Waals surface area contributed by atoms with E-state index in [1.54, 1.807) is 0 Å². The van der Waals surface area contributed by atoms with E-state index in [0.29, 0.717) is 13.0 Å². The molecule has 3 rings (SSSR count). The molecule has 3 nitrogen and oxygen atoms in total. The van der Waals surface area contributed by atoms with Crippen molar-refractivity contribution in [3.8, 4) is 11.6 Å². The maximum absolute atomic E-state index is 15.5. The highest BCUT2D eigenvalue weighted by molar-refractivity contribution is 5.42. The number of hydrogen-bond acceptors (Lipinski definition) is 3. The summed E-state index contributed by atoms with van der Waals surface area (Å²) in [5.74, 6) is -9.84. The van der Waals surface area contributed by atoms with Crippen LogP contribution in [-0.4, -0.2) is 18.2 Å². The Balaban J connectivity index is 1.69. The van der Waals surface area contributed by atoms with Gasteiger partial charge >= 0.3 is 0 Å². The van der Waals surface area contributed by atoms with Crippen LogP contribution < -0.4 is 9.47 Å². The molecule has 0 bridgehead atoms. The zero-order valence-corrected chi connectivity index (χ0v) is 21.9. The van der Waals surface area contributed by atoms with Crippen LogP contribution in [0.2, 0.25) is 0 Å². The molecule has 206 valence electrons. The van der Waals surface area contributed by atoms with Crippen molar-refractivity contribution in [3.63, 3.8) is 0 Å². The first-order chi connectivity index (χ1) is 17.8. The number of aromatic nitrogens is 1. The average molecular weight is 528 g/mol. The van der Waals surface area contributed by atoms with Crippen molar-refractivity contribution in [1.82, 2.24) is 4.98 Å². The maximum Gasteiger partial charge on any atom is 0.284 e. The van der Waals surface area contributed by atoms with E-state index in [-0.39, 0.29) is 36.6 Å². The molecule has 1 aliphatic carbocycles. The summed E-state index contributed by atoms with van der Waals surface area (Å²) < 4.78 is 86.2. The molecule has 1 aliphatic rings. The first-order valence-electron chi connectivity index (χ1n) is 13.6. The Kier molecular flexibility index (Phi) is 11.0. The van der Waals surface area contributed by atoms with E-state index in [1.165, 1.54) is 18.6 Å². The minimum absolute atomic E-state index is 0.0308. The van der Waals surface area contributed by atoms with Crippen LogP contribution in [0.25, 0.3) is 0 Å². The van der Waals surface area contributed by atoms with Crippen molar-refractivity contribution >= 4 is 0 Å². The van der Waals surface area contributed by atoms with Gasteiger partial charge in [0, 0.05) is 11.6 Å². The Labute approximate surface area is 216 Å². The molecule has 1 aromatic heterocycles. The highest BCUT2D eigenvalue weighted by atomic mass is 19.3. The van der Waals surface area contributed by atoms with E-state index >= 15 is 8.78 Å². The second-order valence-electron chi connectivity index (χ2n) is 9.81. The molecule has 0 saturated heterocycles. The van der Waals surface area contributed by atoms with Gasteiger partial charge in [-0.15, -0.1) is 0 Å². The lowest BCUT2D eigenvalue weighted by Gasteiger charge is -2.34. The number of alkyl halides is 2. The number of unbranched alkanes of at least 4 members (excludes halogenated alkanes) is 8. The molecule has 8 heteroatoms. The van der Waals surface area contributed by atoms with Crippen molar-refractivity contribution in [2.45, 2.75) is 103 Å². The lowest BCUT2D eigenvalue weighted by atomic mass is 9.77. The fourth-order valence-electron chi connectivity index (χ4n) is 4.86. The molecule has 1 unspecified atom stereocenters. The van der Waals surface area contributed by atoms with Crippen LogP contribution in [0.1, 0.15) is 107 Å². The van der Waals surface area contributed by atoms with E-state index < -0.39 is 40.5 Å². The van der Waals surface area contributed by atoms with E-state index in [0.717, 1.165) is 57.4 Å². The van der Waals surface area contributed by atoms with Gasteiger partial charge in [-0.2, -0.15) is 13.8 Å². The summed E-state index contributed by atoms with van der Waals surface area (Å²) in [4.78, 5) is 3.61. The summed E-state index contributed by atoms with van der Waals surface area (Å²) in [6, 6.07) is 3.63. The number of pyridine rings is 1. The van der Waals surface area contributed by atoms with Crippen LogP contribution in [0.15, 0.2) is 18.2 Å². The third-order valence-corrected chi connectivity index (χ3v) is 6.96. The third-order valence-electron chi connectivity index (χ3n) is 6.96. The number of benzene rings is 1. The Morgan fingerprint density at radius 2 is 1.46 bits per heavy atom. The smallest absolute Gasteiger partial charge is 0.284 e. The first kappa shape index (κ1) is 29.2. The number of ether oxygens (including phenoxy) is 2. The molecule has 0 saturated carbocycles. The largest absolute Gasteiger partial charge is 0.490 e. The van der Waals surface area contributed by atoms with Crippen LogP contribution in [0.5, 0.6) is 11.6 Å². The lowest BCUT2D eigenvalue weighted by molar-refractivity contribution is -0.0487. The summed E-state index contributed by atoms with van der Waals surface area (Å²) in [7, 11) is 0. The van der Waals surface area contributed by atoms with Gasteiger partial charge in [-0.05, 0) is 37.3 Å². The quantitative estimate of drug-likeness (QED) is 0.132. The monoisotopic (exact) mass is 527 g/mol. The van der Waals surface area contributed by atoms with Gasteiger partial charge in [0.1, 0.15) is 0 Å². The number of hydrogen-bond donors (Lipinski definition) is 0. The topological polar surface area (TPSA) is 31.4 Å². The molecule has 0 spiro atoms. The molecular weight excluding hydrogens is 489 g/mol. The van der Waals surface area contributed by atoms with Crippen LogP contribution >= 0.6 is 0 Å². The van der Waals surface area contributed by atoms with E-state index in [1.807, 2.05) is 0 Å². The molecule has 1 heterocycles. The van der Waals surface area contributed by atoms with Crippen LogP contribution in [0.4, 0.5) is 22.0 Å². The zero-order valence-electron chi connectivity index (χ0n) is 21.9. The van der Waals surface area contributed by atoms with Gasteiger partial charge in [-0.3, -0.25) is 0 Å². The second kappa shape index (κ2) is 14.0. The predicted molar refractivity (Wildman–Crippen MR) is 134 cm³/mol. The van der Waals surface area contributed by atoms with Gasteiger partial charge < -0.3 is 9.47 Å². The van der Waals surface area contributed by atoms with E-state index in [4.69, 9.17) is 9.47 Å². The summed E-state index contributed by atoms with van der Waals surface area (Å²) in [6.45, 7) is 4.73. The maximum atomic E-state index is 15.5. The predicted octanol–water partition coefficient (Wildman–Crippen LogP) is 9.02. The molecule has 37 heavy (non-hydrogen) atoms. The van der Waals surface area contributed by atoms with E-state index in [2.05, 4.69) is 18.8 Å². The average Bonchev–Trinajstić information content (AvgIpc) is 2.86. The number of halogens is 5. The molecule has 0 N–H and O–H groups in total. The molecule has 0 aliphatic heterocycles. The summed E-state index contributed by atoms with van der Waals surface area (Å²) in [6.07, 6.45) is 9.83. The molecule has 0 amide bonds. The zero-order chi connectivity index (χ0) is 26.8. The molecular formula is C29H38F5NO2. The molecule has 0 fully saturated rings. The van der Waals surface area contributed by atoms with Gasteiger partial charge in [0.2, 0.25) is 17.6 Å². The number of nitrogens with zero attached hydrogens (tertiary/aromatic N) is 1.